The number of carbonyl (C=O) groups is 1. The van der Waals surface area contributed by atoms with Gasteiger partial charge in [-0.2, -0.15) is 5.26 Å². The van der Waals surface area contributed by atoms with Crippen LogP contribution in [0.5, 0.6) is 5.75 Å². The van der Waals surface area contributed by atoms with Crippen LogP contribution in [-0.4, -0.2) is 17.6 Å². The maximum absolute atomic E-state index is 12.8. The van der Waals surface area contributed by atoms with Gasteiger partial charge in [0.05, 0.1) is 23.8 Å². The highest BCUT2D eigenvalue weighted by molar-refractivity contribution is 6.31. The van der Waals surface area contributed by atoms with Crippen molar-refractivity contribution in [3.8, 4) is 11.8 Å². The minimum atomic E-state index is -0.294. The molecule has 0 aliphatic rings. The summed E-state index contributed by atoms with van der Waals surface area (Å²) < 4.78 is 6.68. The Hall–Kier alpha value is -2.77. The van der Waals surface area contributed by atoms with Crippen molar-refractivity contribution in [1.82, 2.24) is 4.57 Å². The van der Waals surface area contributed by atoms with Crippen LogP contribution in [0.15, 0.2) is 48.7 Å². The molecule has 3 aromatic rings. The maximum Gasteiger partial charge on any atom is 0.266 e. The van der Waals surface area contributed by atoms with Crippen molar-refractivity contribution in [1.29, 1.82) is 5.26 Å². The number of carbonyl (C=O) groups excluding carboxylic acids is 1. The number of ether oxygens (including phenoxy) is 1. The molecule has 2 aromatic carbocycles. The number of nitrogens with zero attached hydrogens (tertiary/aromatic N) is 2. The molecule has 4 nitrogen and oxygen atoms in total. The summed E-state index contributed by atoms with van der Waals surface area (Å²) in [5, 5.41) is 10.4. The van der Waals surface area contributed by atoms with E-state index in [-0.39, 0.29) is 5.91 Å². The smallest absolute Gasteiger partial charge is 0.266 e. The minimum absolute atomic E-state index is 0.294. The summed E-state index contributed by atoms with van der Waals surface area (Å²) in [5.41, 5.74) is 1.47. The van der Waals surface area contributed by atoms with E-state index in [1.54, 1.807) is 24.3 Å². The van der Waals surface area contributed by atoms with Crippen molar-refractivity contribution in [2.24, 2.45) is 0 Å². The van der Waals surface area contributed by atoms with E-state index in [0.717, 1.165) is 5.39 Å². The molecule has 1 heterocycles. The van der Waals surface area contributed by atoms with Gasteiger partial charge >= 0.3 is 0 Å². The molecule has 0 aliphatic heterocycles. The maximum atomic E-state index is 12.8. The zero-order valence-corrected chi connectivity index (χ0v) is 12.5. The molecule has 3 rings (SSSR count). The van der Waals surface area contributed by atoms with Gasteiger partial charge in [0, 0.05) is 16.6 Å². The minimum Gasteiger partial charge on any atom is -0.496 e. The lowest BCUT2D eigenvalue weighted by atomic mass is 10.1. The first-order chi connectivity index (χ1) is 10.7. The highest BCUT2D eigenvalue weighted by atomic mass is 35.5. The van der Waals surface area contributed by atoms with E-state index in [4.69, 9.17) is 16.3 Å². The van der Waals surface area contributed by atoms with E-state index in [1.165, 1.54) is 17.9 Å². The first-order valence-electron chi connectivity index (χ1n) is 6.54. The second-order valence-electron chi connectivity index (χ2n) is 4.69. The summed E-state index contributed by atoms with van der Waals surface area (Å²) in [6, 6.07) is 14.2. The lowest BCUT2D eigenvalue weighted by molar-refractivity contribution is 0.0962. The number of para-hydroxylation sites is 1. The van der Waals surface area contributed by atoms with E-state index >= 15 is 0 Å². The average molecular weight is 311 g/mol. The van der Waals surface area contributed by atoms with Crippen molar-refractivity contribution >= 4 is 28.4 Å². The zero-order valence-electron chi connectivity index (χ0n) is 11.7. The van der Waals surface area contributed by atoms with Crippen LogP contribution in [0.4, 0.5) is 0 Å². The number of hydrogen-bond acceptors (Lipinski definition) is 3. The van der Waals surface area contributed by atoms with Gasteiger partial charge in [0.2, 0.25) is 0 Å². The Morgan fingerprint density at radius 3 is 2.77 bits per heavy atom. The van der Waals surface area contributed by atoms with Gasteiger partial charge in [-0.25, -0.2) is 0 Å². The van der Waals surface area contributed by atoms with Crippen LogP contribution in [0, 0.1) is 11.3 Å². The Morgan fingerprint density at radius 1 is 1.27 bits per heavy atom. The fourth-order valence-corrected chi connectivity index (χ4v) is 2.59. The van der Waals surface area contributed by atoms with E-state index in [2.05, 4.69) is 6.07 Å². The molecule has 0 aliphatic carbocycles. The van der Waals surface area contributed by atoms with Crippen molar-refractivity contribution < 1.29 is 9.53 Å². The van der Waals surface area contributed by atoms with Crippen molar-refractivity contribution in [2.75, 3.05) is 7.11 Å². The molecule has 0 fully saturated rings. The number of rotatable bonds is 2. The van der Waals surface area contributed by atoms with E-state index in [0.29, 0.717) is 27.4 Å². The van der Waals surface area contributed by atoms with E-state index in [9.17, 15) is 10.1 Å². The molecule has 0 unspecified atom stereocenters. The number of nitriles is 1. The van der Waals surface area contributed by atoms with Crippen LogP contribution in [0.3, 0.4) is 0 Å². The second-order valence-corrected chi connectivity index (χ2v) is 5.13. The SMILES string of the molecule is COc1ccc(Cl)cc1C(=O)n1cc(C#N)c2ccccc21. The van der Waals surface area contributed by atoms with Crippen LogP contribution in [0.1, 0.15) is 15.9 Å². The van der Waals surface area contributed by atoms with Crippen LogP contribution >= 0.6 is 11.6 Å². The predicted octanol–water partition coefficient (Wildman–Crippen LogP) is 3.86. The third-order valence-corrected chi connectivity index (χ3v) is 3.68. The Kier molecular flexibility index (Phi) is 3.58. The van der Waals surface area contributed by atoms with Gasteiger partial charge in [-0.05, 0) is 24.3 Å². The largest absolute Gasteiger partial charge is 0.496 e. The first-order valence-corrected chi connectivity index (χ1v) is 6.92. The normalized spacial score (nSPS) is 10.4. The van der Waals surface area contributed by atoms with Crippen LogP contribution < -0.4 is 4.74 Å². The lowest BCUT2D eigenvalue weighted by Gasteiger charge is -2.09. The van der Waals surface area contributed by atoms with Crippen molar-refractivity contribution in [2.45, 2.75) is 0 Å². The quantitative estimate of drug-likeness (QED) is 0.722. The molecule has 0 N–H and O–H groups in total. The number of fused-ring (bicyclic) bond motifs is 1. The summed E-state index contributed by atoms with van der Waals surface area (Å²) in [6.07, 6.45) is 1.54. The van der Waals surface area contributed by atoms with Gasteiger partial charge in [-0.15, -0.1) is 0 Å². The molecule has 5 heteroatoms. The Labute approximate surface area is 132 Å². The molecule has 0 atom stereocenters. The van der Waals surface area contributed by atoms with E-state index in [1.807, 2.05) is 18.2 Å². The van der Waals surface area contributed by atoms with Gasteiger partial charge in [-0.3, -0.25) is 9.36 Å². The van der Waals surface area contributed by atoms with Gasteiger partial charge in [0.1, 0.15) is 11.8 Å². The molecule has 1 aromatic heterocycles. The third-order valence-electron chi connectivity index (χ3n) is 3.44. The summed E-state index contributed by atoms with van der Waals surface area (Å²) in [5.74, 6) is 0.141. The number of benzene rings is 2. The standard InChI is InChI=1S/C17H11ClN2O2/c1-22-16-7-6-12(18)8-14(16)17(21)20-10-11(9-19)13-4-2-3-5-15(13)20/h2-8,10H,1H3. The number of halogens is 1. The number of aromatic nitrogens is 1. The Balaban J connectivity index is 2.22. The molecule has 22 heavy (non-hydrogen) atoms. The summed E-state index contributed by atoms with van der Waals surface area (Å²) >= 11 is 5.99. The van der Waals surface area contributed by atoms with Gasteiger partial charge < -0.3 is 4.74 Å². The zero-order chi connectivity index (χ0) is 15.7. The monoisotopic (exact) mass is 310 g/mol. The number of hydrogen-bond donors (Lipinski definition) is 0. The second kappa shape index (κ2) is 5.55. The Bertz CT molecular complexity index is 922. The fraction of sp³-hybridized carbons (Fsp3) is 0.0588. The summed E-state index contributed by atoms with van der Waals surface area (Å²) in [7, 11) is 1.49. The lowest BCUT2D eigenvalue weighted by Crippen LogP contribution is -2.12. The molecule has 0 amide bonds. The third kappa shape index (κ3) is 2.22. The molecule has 0 bridgehead atoms. The van der Waals surface area contributed by atoms with Crippen molar-refractivity contribution in [3.63, 3.8) is 0 Å². The molecular weight excluding hydrogens is 300 g/mol. The van der Waals surface area contributed by atoms with Gasteiger partial charge in [-0.1, -0.05) is 29.8 Å². The van der Waals surface area contributed by atoms with Crippen LogP contribution in [-0.2, 0) is 0 Å². The highest BCUT2D eigenvalue weighted by Crippen LogP contribution is 2.27. The molecular formula is C17H11ClN2O2. The first kappa shape index (κ1) is 14.2. The Morgan fingerprint density at radius 2 is 2.05 bits per heavy atom. The molecule has 108 valence electrons. The molecule has 0 spiro atoms. The predicted molar refractivity (Wildman–Crippen MR) is 84.4 cm³/mol. The average Bonchev–Trinajstić information content (AvgIpc) is 2.93. The molecule has 0 saturated carbocycles. The number of methoxy groups -OCH3 is 1. The highest BCUT2D eigenvalue weighted by Gasteiger charge is 2.18. The molecule has 0 saturated heterocycles. The topological polar surface area (TPSA) is 55.0 Å². The van der Waals surface area contributed by atoms with Crippen LogP contribution in [0.25, 0.3) is 10.9 Å². The summed E-state index contributed by atoms with van der Waals surface area (Å²) in [6.45, 7) is 0. The van der Waals surface area contributed by atoms with Crippen LogP contribution in [0.2, 0.25) is 5.02 Å². The summed E-state index contributed by atoms with van der Waals surface area (Å²) in [4.78, 5) is 12.8. The van der Waals surface area contributed by atoms with Crippen molar-refractivity contribution in [3.05, 3.63) is 64.8 Å². The fourth-order valence-electron chi connectivity index (χ4n) is 2.41. The molecule has 0 radical (unpaired) electrons. The van der Waals surface area contributed by atoms with Gasteiger partial charge in [0.25, 0.3) is 5.91 Å². The van der Waals surface area contributed by atoms with E-state index < -0.39 is 0 Å². The van der Waals surface area contributed by atoms with Gasteiger partial charge in [0.15, 0.2) is 0 Å².